The summed E-state index contributed by atoms with van der Waals surface area (Å²) >= 11 is 1.49. The summed E-state index contributed by atoms with van der Waals surface area (Å²) in [5, 5.41) is 15.7. The van der Waals surface area contributed by atoms with E-state index in [4.69, 9.17) is 4.98 Å². The summed E-state index contributed by atoms with van der Waals surface area (Å²) in [7, 11) is 0. The lowest BCUT2D eigenvalue weighted by Crippen LogP contribution is -2.33. The third-order valence-corrected chi connectivity index (χ3v) is 7.19. The summed E-state index contributed by atoms with van der Waals surface area (Å²) in [6, 6.07) is 6.50. The second-order valence-corrected chi connectivity index (χ2v) is 11.0. The Morgan fingerprint density at radius 2 is 2.03 bits per heavy atom. The van der Waals surface area contributed by atoms with Gasteiger partial charge in [0, 0.05) is 47.7 Å². The van der Waals surface area contributed by atoms with Gasteiger partial charge in [0.1, 0.15) is 5.56 Å². The molecule has 3 aromatic rings. The van der Waals surface area contributed by atoms with Gasteiger partial charge in [-0.2, -0.15) is 4.98 Å². The van der Waals surface area contributed by atoms with E-state index in [0.29, 0.717) is 34.4 Å². The minimum atomic E-state index is -0.223. The van der Waals surface area contributed by atoms with E-state index >= 15 is 0 Å². The van der Waals surface area contributed by atoms with Crippen LogP contribution in [0.1, 0.15) is 67.7 Å². The SMILES string of the molecule is CCNC(=O)c1cnc(Nc2ccc3c(c2)CNCC32CC2)nc1Nc1nc(C(C)(C)C)cs1. The standard InChI is InChI=1S/C25H31N7OS/c1-5-27-21(33)17-12-28-22(31-20(17)32-23-30-19(13-34-23)24(2,3)4)29-16-6-7-18-15(10-16)11-26-14-25(18)8-9-25/h6-7,10,12-13,26H,5,8-9,11,14H2,1-4H3,(H,27,33)(H2,28,29,30,31,32). The van der Waals surface area contributed by atoms with Gasteiger partial charge in [-0.1, -0.05) is 26.8 Å². The monoisotopic (exact) mass is 477 g/mol. The van der Waals surface area contributed by atoms with Gasteiger partial charge in [-0.3, -0.25) is 4.79 Å². The predicted octanol–water partition coefficient (Wildman–Crippen LogP) is 4.60. The van der Waals surface area contributed by atoms with Crippen LogP contribution in [0.3, 0.4) is 0 Å². The summed E-state index contributed by atoms with van der Waals surface area (Å²) in [6.07, 6.45) is 4.07. The lowest BCUT2D eigenvalue weighted by molar-refractivity contribution is 0.0956. The van der Waals surface area contributed by atoms with Crippen molar-refractivity contribution in [3.05, 3.63) is 52.2 Å². The van der Waals surface area contributed by atoms with Crippen LogP contribution in [0.5, 0.6) is 0 Å². The molecular formula is C25H31N7OS. The topological polar surface area (TPSA) is 104 Å². The summed E-state index contributed by atoms with van der Waals surface area (Å²) in [4.78, 5) is 26.4. The van der Waals surface area contributed by atoms with Gasteiger partial charge in [0.25, 0.3) is 5.91 Å². The Morgan fingerprint density at radius 3 is 2.74 bits per heavy atom. The molecule has 9 heteroatoms. The molecule has 1 fully saturated rings. The third kappa shape index (κ3) is 4.50. The Balaban J connectivity index is 1.42. The van der Waals surface area contributed by atoms with E-state index < -0.39 is 0 Å². The minimum Gasteiger partial charge on any atom is -0.352 e. The molecule has 0 unspecified atom stereocenters. The zero-order chi connectivity index (χ0) is 23.9. The van der Waals surface area contributed by atoms with Gasteiger partial charge in [-0.25, -0.2) is 9.97 Å². The summed E-state index contributed by atoms with van der Waals surface area (Å²) in [5.74, 6) is 0.626. The van der Waals surface area contributed by atoms with E-state index in [1.807, 2.05) is 12.3 Å². The molecule has 1 spiro atoms. The van der Waals surface area contributed by atoms with Gasteiger partial charge < -0.3 is 21.3 Å². The predicted molar refractivity (Wildman–Crippen MR) is 136 cm³/mol. The highest BCUT2D eigenvalue weighted by atomic mass is 32.1. The molecule has 0 bridgehead atoms. The Hall–Kier alpha value is -3.04. The minimum absolute atomic E-state index is 0.0580. The maximum atomic E-state index is 12.6. The highest BCUT2D eigenvalue weighted by molar-refractivity contribution is 7.13. The highest BCUT2D eigenvalue weighted by Gasteiger charge is 2.46. The van der Waals surface area contributed by atoms with Crippen molar-refractivity contribution in [1.29, 1.82) is 0 Å². The van der Waals surface area contributed by atoms with Gasteiger partial charge in [0.15, 0.2) is 10.9 Å². The van der Waals surface area contributed by atoms with Crippen molar-refractivity contribution in [2.45, 2.75) is 57.9 Å². The molecule has 1 amide bonds. The van der Waals surface area contributed by atoms with Crippen molar-refractivity contribution in [1.82, 2.24) is 25.6 Å². The molecule has 178 valence electrons. The number of hydrogen-bond donors (Lipinski definition) is 4. The number of rotatable bonds is 6. The fraction of sp³-hybridized carbons (Fsp3) is 0.440. The number of fused-ring (bicyclic) bond motifs is 2. The molecule has 2 aliphatic rings. The van der Waals surface area contributed by atoms with Crippen LogP contribution in [-0.4, -0.2) is 33.9 Å². The van der Waals surface area contributed by atoms with E-state index in [1.165, 1.54) is 35.3 Å². The maximum Gasteiger partial charge on any atom is 0.256 e. The fourth-order valence-corrected chi connectivity index (χ4v) is 5.27. The Labute approximate surface area is 204 Å². The number of amides is 1. The lowest BCUT2D eigenvalue weighted by atomic mass is 9.88. The van der Waals surface area contributed by atoms with Crippen LogP contribution in [-0.2, 0) is 17.4 Å². The zero-order valence-electron chi connectivity index (χ0n) is 20.1. The second kappa shape index (κ2) is 8.63. The zero-order valence-corrected chi connectivity index (χ0v) is 20.9. The van der Waals surface area contributed by atoms with Gasteiger partial charge >= 0.3 is 0 Å². The molecule has 2 aromatic heterocycles. The maximum absolute atomic E-state index is 12.6. The van der Waals surface area contributed by atoms with E-state index in [2.05, 4.69) is 70.2 Å². The van der Waals surface area contributed by atoms with E-state index in [0.717, 1.165) is 24.5 Å². The van der Waals surface area contributed by atoms with Crippen molar-refractivity contribution < 1.29 is 4.79 Å². The average molecular weight is 478 g/mol. The number of nitrogens with zero attached hydrogens (tertiary/aromatic N) is 3. The van der Waals surface area contributed by atoms with Crippen LogP contribution in [0.2, 0.25) is 0 Å². The summed E-state index contributed by atoms with van der Waals surface area (Å²) in [5.41, 5.74) is 5.37. The van der Waals surface area contributed by atoms with Crippen LogP contribution in [0.4, 0.5) is 22.6 Å². The molecular weight excluding hydrogens is 446 g/mol. The molecule has 0 radical (unpaired) electrons. The molecule has 34 heavy (non-hydrogen) atoms. The average Bonchev–Trinajstić information content (AvgIpc) is 3.38. The Morgan fingerprint density at radius 1 is 1.21 bits per heavy atom. The number of aromatic nitrogens is 3. The van der Waals surface area contributed by atoms with E-state index in [-0.39, 0.29) is 11.3 Å². The molecule has 3 heterocycles. The first kappa shape index (κ1) is 22.7. The van der Waals surface area contributed by atoms with E-state index in [1.54, 1.807) is 6.20 Å². The Kier molecular flexibility index (Phi) is 5.77. The molecule has 1 aliphatic carbocycles. The van der Waals surface area contributed by atoms with Crippen molar-refractivity contribution in [3.63, 3.8) is 0 Å². The van der Waals surface area contributed by atoms with E-state index in [9.17, 15) is 4.79 Å². The number of carbonyl (C=O) groups excluding carboxylic acids is 1. The van der Waals surface area contributed by atoms with Crippen molar-refractivity contribution in [2.75, 3.05) is 23.7 Å². The summed E-state index contributed by atoms with van der Waals surface area (Å²) < 4.78 is 0. The second-order valence-electron chi connectivity index (χ2n) is 10.1. The first-order valence-electron chi connectivity index (χ1n) is 11.8. The number of nitrogens with one attached hydrogen (secondary N) is 4. The van der Waals surface area contributed by atoms with Crippen LogP contribution >= 0.6 is 11.3 Å². The first-order chi connectivity index (χ1) is 16.3. The van der Waals surface area contributed by atoms with Crippen molar-refractivity contribution in [2.24, 2.45) is 0 Å². The number of thiazole rings is 1. The Bertz CT molecular complexity index is 1230. The third-order valence-electron chi connectivity index (χ3n) is 6.43. The number of benzene rings is 1. The van der Waals surface area contributed by atoms with Crippen LogP contribution in [0, 0.1) is 0 Å². The first-order valence-corrected chi connectivity index (χ1v) is 12.6. The van der Waals surface area contributed by atoms with Gasteiger partial charge in [0.05, 0.1) is 5.69 Å². The lowest BCUT2D eigenvalue weighted by Gasteiger charge is -2.26. The van der Waals surface area contributed by atoms with Crippen molar-refractivity contribution >= 4 is 39.8 Å². The van der Waals surface area contributed by atoms with Gasteiger partial charge in [0.2, 0.25) is 5.95 Å². The van der Waals surface area contributed by atoms with Crippen molar-refractivity contribution in [3.8, 4) is 0 Å². The number of hydrogen-bond acceptors (Lipinski definition) is 8. The van der Waals surface area contributed by atoms with Crippen LogP contribution in [0.15, 0.2) is 29.8 Å². The molecule has 8 nitrogen and oxygen atoms in total. The van der Waals surface area contributed by atoms with Gasteiger partial charge in [-0.15, -0.1) is 11.3 Å². The number of anilines is 4. The smallest absolute Gasteiger partial charge is 0.256 e. The highest BCUT2D eigenvalue weighted by Crippen LogP contribution is 2.50. The molecule has 1 aromatic carbocycles. The molecule has 0 saturated heterocycles. The number of carbonyl (C=O) groups is 1. The molecule has 1 saturated carbocycles. The van der Waals surface area contributed by atoms with Gasteiger partial charge in [-0.05, 0) is 43.0 Å². The fourth-order valence-electron chi connectivity index (χ4n) is 4.33. The van der Waals surface area contributed by atoms with Crippen LogP contribution in [0.25, 0.3) is 0 Å². The molecule has 0 atom stereocenters. The quantitative estimate of drug-likeness (QED) is 0.411. The molecule has 5 rings (SSSR count). The molecule has 1 aliphatic heterocycles. The largest absolute Gasteiger partial charge is 0.352 e. The van der Waals surface area contributed by atoms with Crippen LogP contribution < -0.4 is 21.3 Å². The normalized spacial score (nSPS) is 16.1. The summed E-state index contributed by atoms with van der Waals surface area (Å²) in [6.45, 7) is 10.7. The molecule has 4 N–H and O–H groups in total.